The van der Waals surface area contributed by atoms with E-state index in [1.54, 1.807) is 0 Å². The van der Waals surface area contributed by atoms with Crippen LogP contribution in [0.4, 0.5) is 0 Å². The number of hydrogen-bond donors (Lipinski definition) is 0. The van der Waals surface area contributed by atoms with Crippen LogP contribution in [0.3, 0.4) is 0 Å². The smallest absolute Gasteiger partial charge is 0.160 e. The Morgan fingerprint density at radius 2 is 1.32 bits per heavy atom. The molecule has 2 aromatic rings. The monoisotopic (exact) mass is 424 g/mol. The highest BCUT2D eigenvalue weighted by Crippen LogP contribution is 2.18. The predicted molar refractivity (Wildman–Crippen MR) is 95.8 cm³/mol. The Bertz CT molecular complexity index is 605. The molecule has 0 N–H and O–H groups in total. The van der Waals surface area contributed by atoms with Gasteiger partial charge in [-0.3, -0.25) is 14.8 Å². The Labute approximate surface area is 147 Å². The largest absolute Gasteiger partial charge is 0.297 e. The van der Waals surface area contributed by atoms with Gasteiger partial charge in [-0.15, -0.1) is 0 Å². The molecule has 0 aliphatic rings. The van der Waals surface area contributed by atoms with Gasteiger partial charge in [0.15, 0.2) is 5.78 Å². The molecule has 5 heteroatoms. The van der Waals surface area contributed by atoms with Crippen LogP contribution in [0.15, 0.2) is 36.4 Å². The van der Waals surface area contributed by atoms with Crippen LogP contribution in [0.25, 0.3) is 0 Å². The highest BCUT2D eigenvalue weighted by molar-refractivity contribution is 9.10. The van der Waals surface area contributed by atoms with E-state index in [0.717, 1.165) is 22.8 Å². The maximum Gasteiger partial charge on any atom is 0.160 e. The summed E-state index contributed by atoms with van der Waals surface area (Å²) in [4.78, 5) is 20.8. The van der Waals surface area contributed by atoms with E-state index < -0.39 is 0 Å². The Kier molecular flexibility index (Phi) is 6.26. The van der Waals surface area contributed by atoms with Gasteiger partial charge < -0.3 is 0 Å². The minimum absolute atomic E-state index is 0.117. The molecule has 2 aromatic heterocycles. The normalized spacial score (nSPS) is 13.6. The predicted octanol–water partition coefficient (Wildman–Crippen LogP) is 3.97. The van der Waals surface area contributed by atoms with E-state index in [-0.39, 0.29) is 15.4 Å². The molecule has 2 rings (SSSR count). The first-order valence-corrected chi connectivity index (χ1v) is 8.96. The van der Waals surface area contributed by atoms with E-state index in [1.165, 1.54) is 0 Å². The number of Topliss-reactive ketones (excluding diaryl/α,β-unsaturated/α-hetero) is 1. The second-order valence-corrected chi connectivity index (χ2v) is 7.50. The minimum Gasteiger partial charge on any atom is -0.297 e. The third kappa shape index (κ3) is 4.99. The standard InChI is InChI=1S/C17H18Br2N2O/c1-11-5-3-7-13(20-11)9-15(18)17(22)16(19)10-14-8-4-6-12(2)21-14/h3-8,15-16H,9-10H2,1-2H3. The van der Waals surface area contributed by atoms with Crippen molar-refractivity contribution in [2.24, 2.45) is 0 Å². The fourth-order valence-electron chi connectivity index (χ4n) is 2.19. The highest BCUT2D eigenvalue weighted by atomic mass is 79.9. The number of pyridine rings is 2. The Balaban J connectivity index is 1.97. The van der Waals surface area contributed by atoms with Gasteiger partial charge in [-0.05, 0) is 38.1 Å². The van der Waals surface area contributed by atoms with Crippen molar-refractivity contribution in [2.75, 3.05) is 0 Å². The van der Waals surface area contributed by atoms with E-state index in [0.29, 0.717) is 12.8 Å². The first kappa shape index (κ1) is 17.3. The number of hydrogen-bond acceptors (Lipinski definition) is 3. The van der Waals surface area contributed by atoms with Gasteiger partial charge in [0.1, 0.15) is 0 Å². The van der Waals surface area contributed by atoms with Crippen molar-refractivity contribution in [3.63, 3.8) is 0 Å². The van der Waals surface area contributed by atoms with Crippen LogP contribution in [0.2, 0.25) is 0 Å². The summed E-state index contributed by atoms with van der Waals surface area (Å²) in [7, 11) is 0. The van der Waals surface area contributed by atoms with Crippen molar-refractivity contribution in [3.8, 4) is 0 Å². The van der Waals surface area contributed by atoms with Gasteiger partial charge in [0.05, 0.1) is 9.65 Å². The lowest BCUT2D eigenvalue weighted by molar-refractivity contribution is -0.117. The number of aromatic nitrogens is 2. The number of halogens is 2. The van der Waals surface area contributed by atoms with Gasteiger partial charge in [-0.1, -0.05) is 44.0 Å². The van der Waals surface area contributed by atoms with Crippen LogP contribution in [0, 0.1) is 13.8 Å². The minimum atomic E-state index is -0.254. The molecule has 0 aromatic carbocycles. The summed E-state index contributed by atoms with van der Waals surface area (Å²) in [6, 6.07) is 11.7. The summed E-state index contributed by atoms with van der Waals surface area (Å²) in [5.41, 5.74) is 3.76. The number of rotatable bonds is 6. The summed E-state index contributed by atoms with van der Waals surface area (Å²) >= 11 is 6.99. The molecule has 3 nitrogen and oxygen atoms in total. The van der Waals surface area contributed by atoms with Crippen LogP contribution < -0.4 is 0 Å². The fourth-order valence-corrected chi connectivity index (χ4v) is 3.85. The summed E-state index contributed by atoms with van der Waals surface area (Å²) in [5.74, 6) is 0.117. The maximum atomic E-state index is 12.5. The molecule has 2 atom stereocenters. The highest BCUT2D eigenvalue weighted by Gasteiger charge is 2.24. The van der Waals surface area contributed by atoms with Gasteiger partial charge >= 0.3 is 0 Å². The van der Waals surface area contributed by atoms with E-state index in [1.807, 2.05) is 50.2 Å². The van der Waals surface area contributed by atoms with Crippen molar-refractivity contribution < 1.29 is 4.79 Å². The molecule has 0 amide bonds. The second kappa shape index (κ2) is 7.97. The van der Waals surface area contributed by atoms with E-state index in [9.17, 15) is 4.79 Å². The number of alkyl halides is 2. The Morgan fingerprint density at radius 3 is 1.68 bits per heavy atom. The Hall–Kier alpha value is -1.07. The molecule has 0 bridgehead atoms. The number of ketones is 1. The van der Waals surface area contributed by atoms with Gasteiger partial charge in [0.2, 0.25) is 0 Å². The van der Waals surface area contributed by atoms with E-state index >= 15 is 0 Å². The molecule has 0 fully saturated rings. The zero-order valence-corrected chi connectivity index (χ0v) is 15.8. The molecular weight excluding hydrogens is 408 g/mol. The lowest BCUT2D eigenvalue weighted by Gasteiger charge is -2.14. The summed E-state index contributed by atoms with van der Waals surface area (Å²) < 4.78 is 0. The van der Waals surface area contributed by atoms with E-state index in [4.69, 9.17) is 0 Å². The number of aryl methyl sites for hydroxylation is 2. The summed E-state index contributed by atoms with van der Waals surface area (Å²) in [5, 5.41) is 0. The zero-order chi connectivity index (χ0) is 16.1. The first-order valence-electron chi connectivity index (χ1n) is 7.12. The average Bonchev–Trinajstić information content (AvgIpc) is 2.46. The van der Waals surface area contributed by atoms with Crippen LogP contribution in [-0.2, 0) is 17.6 Å². The van der Waals surface area contributed by atoms with Crippen molar-refractivity contribution in [1.29, 1.82) is 0 Å². The van der Waals surface area contributed by atoms with Gasteiger partial charge in [0, 0.05) is 35.6 Å². The molecule has 2 unspecified atom stereocenters. The van der Waals surface area contributed by atoms with Crippen LogP contribution in [0.1, 0.15) is 22.8 Å². The fraction of sp³-hybridized carbons (Fsp3) is 0.353. The third-order valence-corrected chi connectivity index (χ3v) is 4.84. The molecule has 0 aliphatic carbocycles. The van der Waals surface area contributed by atoms with Gasteiger partial charge in [-0.2, -0.15) is 0 Å². The molecule has 0 saturated heterocycles. The van der Waals surface area contributed by atoms with Crippen LogP contribution in [-0.4, -0.2) is 25.4 Å². The molecular formula is C17H18Br2N2O. The quantitative estimate of drug-likeness (QED) is 0.657. The zero-order valence-electron chi connectivity index (χ0n) is 12.6. The lowest BCUT2D eigenvalue weighted by Crippen LogP contribution is -2.28. The number of carbonyl (C=O) groups excluding carboxylic acids is 1. The van der Waals surface area contributed by atoms with Crippen LogP contribution >= 0.6 is 31.9 Å². The van der Waals surface area contributed by atoms with Crippen molar-refractivity contribution in [2.45, 2.75) is 36.3 Å². The van der Waals surface area contributed by atoms with Crippen molar-refractivity contribution in [3.05, 3.63) is 59.2 Å². The van der Waals surface area contributed by atoms with Crippen LogP contribution in [0.5, 0.6) is 0 Å². The molecule has 0 saturated carbocycles. The number of carbonyl (C=O) groups is 1. The van der Waals surface area contributed by atoms with Gasteiger partial charge in [-0.25, -0.2) is 0 Å². The maximum absolute atomic E-state index is 12.5. The molecule has 22 heavy (non-hydrogen) atoms. The SMILES string of the molecule is Cc1cccc(CC(Br)C(=O)C(Br)Cc2cccc(C)n2)n1. The second-order valence-electron chi connectivity index (χ2n) is 5.29. The number of nitrogens with zero attached hydrogens (tertiary/aromatic N) is 2. The summed E-state index contributed by atoms with van der Waals surface area (Å²) in [6.07, 6.45) is 1.17. The van der Waals surface area contributed by atoms with Crippen molar-refractivity contribution >= 4 is 37.6 Å². The molecule has 2 heterocycles. The molecule has 0 radical (unpaired) electrons. The summed E-state index contributed by atoms with van der Waals surface area (Å²) in [6.45, 7) is 3.90. The molecule has 0 spiro atoms. The molecule has 116 valence electrons. The third-order valence-electron chi connectivity index (χ3n) is 3.29. The van der Waals surface area contributed by atoms with Crippen molar-refractivity contribution in [1.82, 2.24) is 9.97 Å². The Morgan fingerprint density at radius 1 is 0.909 bits per heavy atom. The first-order chi connectivity index (χ1) is 10.5. The average molecular weight is 426 g/mol. The van der Waals surface area contributed by atoms with E-state index in [2.05, 4.69) is 41.8 Å². The topological polar surface area (TPSA) is 42.9 Å². The lowest BCUT2D eigenvalue weighted by atomic mass is 10.1. The van der Waals surface area contributed by atoms with Gasteiger partial charge in [0.25, 0.3) is 0 Å². The molecule has 0 aliphatic heterocycles.